The molecule has 1 aromatic heterocycles. The van der Waals surface area contributed by atoms with Gasteiger partial charge in [0, 0.05) is 12.4 Å². The van der Waals surface area contributed by atoms with Gasteiger partial charge in [-0.3, -0.25) is 0 Å². The Labute approximate surface area is 114 Å². The quantitative estimate of drug-likeness (QED) is 0.634. The molecule has 0 saturated heterocycles. The van der Waals surface area contributed by atoms with Crippen molar-refractivity contribution in [2.24, 2.45) is 4.99 Å². The summed E-state index contributed by atoms with van der Waals surface area (Å²) in [5, 5.41) is 0. The predicted molar refractivity (Wildman–Crippen MR) is 80.0 cm³/mol. The summed E-state index contributed by atoms with van der Waals surface area (Å²) < 4.78 is 5.90. The standard InChI is InChI=1S/C14H17N3OSi/c1-11-6-4-7-12(18-19(2)3)14(11)17-10-13-15-8-5-9-16-13/h4-10,19H,1-3H3. The molecule has 0 amide bonds. The largest absolute Gasteiger partial charge is 0.546 e. The molecule has 0 N–H and O–H groups in total. The van der Waals surface area contributed by atoms with Crippen LogP contribution >= 0.6 is 0 Å². The van der Waals surface area contributed by atoms with Crippen LogP contribution in [0, 0.1) is 6.92 Å². The molecule has 98 valence electrons. The number of hydrogen-bond donors (Lipinski definition) is 0. The molecule has 0 radical (unpaired) electrons. The Morgan fingerprint density at radius 3 is 2.58 bits per heavy atom. The number of hydrogen-bond acceptors (Lipinski definition) is 4. The summed E-state index contributed by atoms with van der Waals surface area (Å²) in [5.41, 5.74) is 1.94. The van der Waals surface area contributed by atoms with Gasteiger partial charge in [-0.05, 0) is 37.7 Å². The first-order valence-electron chi connectivity index (χ1n) is 6.24. The van der Waals surface area contributed by atoms with Gasteiger partial charge in [0.05, 0.1) is 6.21 Å². The molecule has 5 heteroatoms. The van der Waals surface area contributed by atoms with Crippen molar-refractivity contribution in [3.63, 3.8) is 0 Å². The van der Waals surface area contributed by atoms with Gasteiger partial charge in [0.25, 0.3) is 0 Å². The van der Waals surface area contributed by atoms with Gasteiger partial charge < -0.3 is 4.43 Å². The van der Waals surface area contributed by atoms with Crippen molar-refractivity contribution in [1.29, 1.82) is 0 Å². The van der Waals surface area contributed by atoms with Gasteiger partial charge in [-0.25, -0.2) is 15.0 Å². The summed E-state index contributed by atoms with van der Waals surface area (Å²) in [7, 11) is -1.15. The van der Waals surface area contributed by atoms with Crippen molar-refractivity contribution in [3.05, 3.63) is 48.0 Å². The molecule has 19 heavy (non-hydrogen) atoms. The zero-order valence-corrected chi connectivity index (χ0v) is 12.5. The lowest BCUT2D eigenvalue weighted by Crippen LogP contribution is -2.11. The zero-order chi connectivity index (χ0) is 13.7. The summed E-state index contributed by atoms with van der Waals surface area (Å²) in [4.78, 5) is 12.7. The molecule has 0 aliphatic rings. The van der Waals surface area contributed by atoms with E-state index in [1.54, 1.807) is 24.7 Å². The van der Waals surface area contributed by atoms with Crippen LogP contribution in [0.1, 0.15) is 11.4 Å². The highest BCUT2D eigenvalue weighted by atomic mass is 28.3. The average molecular weight is 271 g/mol. The highest BCUT2D eigenvalue weighted by Gasteiger charge is 2.07. The molecule has 2 aromatic rings. The Bertz CT molecular complexity index is 570. The number of benzene rings is 1. The Balaban J connectivity index is 2.31. The van der Waals surface area contributed by atoms with Crippen molar-refractivity contribution in [3.8, 4) is 5.75 Å². The third-order valence-electron chi connectivity index (χ3n) is 2.46. The van der Waals surface area contributed by atoms with Crippen LogP contribution in [0.5, 0.6) is 5.75 Å². The van der Waals surface area contributed by atoms with E-state index in [9.17, 15) is 0 Å². The highest BCUT2D eigenvalue weighted by Crippen LogP contribution is 2.31. The van der Waals surface area contributed by atoms with E-state index in [1.807, 2.05) is 25.1 Å². The van der Waals surface area contributed by atoms with E-state index < -0.39 is 9.04 Å². The lowest BCUT2D eigenvalue weighted by atomic mass is 10.2. The first-order chi connectivity index (χ1) is 9.16. The number of nitrogens with zero attached hydrogens (tertiary/aromatic N) is 3. The topological polar surface area (TPSA) is 47.4 Å². The van der Waals surface area contributed by atoms with Crippen LogP contribution < -0.4 is 4.43 Å². The summed E-state index contributed by atoms with van der Waals surface area (Å²) in [6.45, 7) is 6.29. The van der Waals surface area contributed by atoms with Crippen LogP contribution in [-0.4, -0.2) is 25.2 Å². The Morgan fingerprint density at radius 1 is 1.16 bits per heavy atom. The van der Waals surface area contributed by atoms with Gasteiger partial charge in [-0.2, -0.15) is 0 Å². The minimum Gasteiger partial charge on any atom is -0.546 e. The van der Waals surface area contributed by atoms with E-state index in [2.05, 4.69) is 28.1 Å². The van der Waals surface area contributed by atoms with Crippen LogP contribution in [0.4, 0.5) is 5.69 Å². The molecule has 0 saturated carbocycles. The number of aromatic nitrogens is 2. The number of aliphatic imine (C=N–C) groups is 1. The second-order valence-electron chi connectivity index (χ2n) is 4.45. The second kappa shape index (κ2) is 6.24. The van der Waals surface area contributed by atoms with Gasteiger partial charge in [0.2, 0.25) is 9.04 Å². The van der Waals surface area contributed by atoms with Crippen molar-refractivity contribution in [2.45, 2.75) is 20.0 Å². The normalized spacial score (nSPS) is 11.2. The van der Waals surface area contributed by atoms with Crippen molar-refractivity contribution in [1.82, 2.24) is 9.97 Å². The van der Waals surface area contributed by atoms with Crippen LogP contribution in [-0.2, 0) is 0 Å². The second-order valence-corrected chi connectivity index (χ2v) is 6.79. The van der Waals surface area contributed by atoms with Gasteiger partial charge in [-0.1, -0.05) is 12.1 Å². The number of para-hydroxylation sites is 1. The minimum absolute atomic E-state index is 0.596. The maximum Gasteiger partial charge on any atom is 0.229 e. The number of rotatable bonds is 4. The summed E-state index contributed by atoms with van der Waals surface area (Å²) in [5.74, 6) is 1.44. The van der Waals surface area contributed by atoms with Crippen LogP contribution in [0.2, 0.25) is 13.1 Å². The maximum absolute atomic E-state index is 5.90. The Hall–Kier alpha value is -2.01. The lowest BCUT2D eigenvalue weighted by Gasteiger charge is -2.13. The molecule has 2 rings (SSSR count). The average Bonchev–Trinajstić information content (AvgIpc) is 2.38. The highest BCUT2D eigenvalue weighted by molar-refractivity contribution is 6.49. The van der Waals surface area contributed by atoms with Crippen molar-refractivity contribution >= 4 is 20.9 Å². The predicted octanol–water partition coefficient (Wildman–Crippen LogP) is 2.90. The van der Waals surface area contributed by atoms with Crippen molar-refractivity contribution < 1.29 is 4.43 Å². The molecule has 0 aliphatic carbocycles. The van der Waals surface area contributed by atoms with E-state index in [0.717, 1.165) is 17.0 Å². The van der Waals surface area contributed by atoms with E-state index >= 15 is 0 Å². The zero-order valence-electron chi connectivity index (χ0n) is 11.4. The molecule has 0 fully saturated rings. The summed E-state index contributed by atoms with van der Waals surface area (Å²) in [6.07, 6.45) is 5.06. The number of aryl methyl sites for hydroxylation is 1. The Morgan fingerprint density at radius 2 is 1.89 bits per heavy atom. The Kier molecular flexibility index (Phi) is 4.41. The van der Waals surface area contributed by atoms with Crippen LogP contribution in [0.25, 0.3) is 0 Å². The molecule has 4 nitrogen and oxygen atoms in total. The van der Waals surface area contributed by atoms with E-state index in [0.29, 0.717) is 5.82 Å². The van der Waals surface area contributed by atoms with Gasteiger partial charge in [0.1, 0.15) is 11.4 Å². The molecular weight excluding hydrogens is 254 g/mol. The van der Waals surface area contributed by atoms with Crippen molar-refractivity contribution in [2.75, 3.05) is 0 Å². The molecule has 0 aliphatic heterocycles. The maximum atomic E-state index is 5.90. The SMILES string of the molecule is Cc1cccc(O[SiH](C)C)c1N=Cc1ncccn1. The minimum atomic E-state index is -1.15. The lowest BCUT2D eigenvalue weighted by molar-refractivity contribution is 0.581. The first kappa shape index (κ1) is 13.4. The molecule has 1 aromatic carbocycles. The summed E-state index contributed by atoms with van der Waals surface area (Å²) >= 11 is 0. The fourth-order valence-electron chi connectivity index (χ4n) is 1.65. The van der Waals surface area contributed by atoms with Gasteiger partial charge in [-0.15, -0.1) is 0 Å². The smallest absolute Gasteiger partial charge is 0.229 e. The van der Waals surface area contributed by atoms with Gasteiger partial charge in [0.15, 0.2) is 5.82 Å². The molecule has 1 heterocycles. The third kappa shape index (κ3) is 3.72. The van der Waals surface area contributed by atoms with Gasteiger partial charge >= 0.3 is 0 Å². The van der Waals surface area contributed by atoms with Crippen LogP contribution in [0.15, 0.2) is 41.7 Å². The van der Waals surface area contributed by atoms with E-state index in [1.165, 1.54) is 0 Å². The van der Waals surface area contributed by atoms with E-state index in [-0.39, 0.29) is 0 Å². The molecular formula is C14H17N3OSi. The fourth-order valence-corrected chi connectivity index (χ4v) is 2.34. The molecule has 0 unspecified atom stereocenters. The van der Waals surface area contributed by atoms with Crippen LogP contribution in [0.3, 0.4) is 0 Å². The monoisotopic (exact) mass is 271 g/mol. The molecule has 0 bridgehead atoms. The molecule has 0 atom stereocenters. The van der Waals surface area contributed by atoms with E-state index in [4.69, 9.17) is 4.43 Å². The molecule has 0 spiro atoms. The summed E-state index contributed by atoms with van der Waals surface area (Å²) in [6, 6.07) is 7.75. The third-order valence-corrected chi connectivity index (χ3v) is 3.18. The first-order valence-corrected chi connectivity index (χ1v) is 9.02. The fraction of sp³-hybridized carbons (Fsp3) is 0.214.